The molecule has 2 aromatic heterocycles. The van der Waals surface area contributed by atoms with Gasteiger partial charge in [-0.2, -0.15) is 0 Å². The van der Waals surface area contributed by atoms with Gasteiger partial charge >= 0.3 is 0 Å². The summed E-state index contributed by atoms with van der Waals surface area (Å²) in [6.07, 6.45) is 1.82. The van der Waals surface area contributed by atoms with Crippen molar-refractivity contribution >= 4 is 32.8 Å². The average molecular weight is 361 g/mol. The average Bonchev–Trinajstić information content (AvgIpc) is 2.76. The summed E-state index contributed by atoms with van der Waals surface area (Å²) in [4.78, 5) is 9.74. The first kappa shape index (κ1) is 12.7. The van der Waals surface area contributed by atoms with E-state index < -0.39 is 21.5 Å². The molecular weight excluding hydrogens is 349 g/mol. The molecule has 0 aromatic carbocycles. The van der Waals surface area contributed by atoms with E-state index in [2.05, 4.69) is 13.5 Å². The SMILES string of the molecule is Cc1ncsc1-c1ccc([C@H](C)NI=O)cn1. The molecule has 0 aliphatic carbocycles. The van der Waals surface area contributed by atoms with Crippen molar-refractivity contribution in [3.8, 4) is 10.6 Å². The highest BCUT2D eigenvalue weighted by Crippen LogP contribution is 2.26. The van der Waals surface area contributed by atoms with Crippen molar-refractivity contribution in [2.45, 2.75) is 19.9 Å². The van der Waals surface area contributed by atoms with Crippen LogP contribution in [0.15, 0.2) is 23.8 Å². The zero-order chi connectivity index (χ0) is 12.3. The van der Waals surface area contributed by atoms with Gasteiger partial charge in [-0.3, -0.25) is 8.05 Å². The van der Waals surface area contributed by atoms with Gasteiger partial charge in [0.2, 0.25) is 21.5 Å². The van der Waals surface area contributed by atoms with Crippen molar-refractivity contribution in [3.63, 3.8) is 0 Å². The lowest BCUT2D eigenvalue weighted by atomic mass is 10.1. The van der Waals surface area contributed by atoms with Crippen LogP contribution in [0.2, 0.25) is 0 Å². The minimum atomic E-state index is -1.14. The number of aryl methyl sites for hydroxylation is 1. The van der Waals surface area contributed by atoms with Crippen LogP contribution in [0, 0.1) is 6.92 Å². The van der Waals surface area contributed by atoms with Crippen molar-refractivity contribution in [1.29, 1.82) is 0 Å². The summed E-state index contributed by atoms with van der Waals surface area (Å²) in [6, 6.07) is 4.08. The summed E-state index contributed by atoms with van der Waals surface area (Å²) in [5.41, 5.74) is 4.82. The minimum Gasteiger partial charge on any atom is -0.255 e. The van der Waals surface area contributed by atoms with Crippen LogP contribution in [-0.2, 0) is 3.07 Å². The van der Waals surface area contributed by atoms with E-state index in [4.69, 9.17) is 0 Å². The lowest BCUT2D eigenvalue weighted by Crippen LogP contribution is -2.06. The number of rotatable bonds is 4. The molecule has 0 saturated carbocycles. The van der Waals surface area contributed by atoms with Crippen molar-refractivity contribution in [3.05, 3.63) is 35.1 Å². The molecule has 0 aliphatic rings. The van der Waals surface area contributed by atoms with Crippen LogP contribution < -0.4 is 3.53 Å². The van der Waals surface area contributed by atoms with Crippen LogP contribution in [0.4, 0.5) is 0 Å². The van der Waals surface area contributed by atoms with E-state index in [0.29, 0.717) is 0 Å². The molecule has 0 spiro atoms. The molecule has 0 aliphatic heterocycles. The molecule has 0 fully saturated rings. The Morgan fingerprint density at radius 2 is 2.24 bits per heavy atom. The summed E-state index contributed by atoms with van der Waals surface area (Å²) in [7, 11) is 0. The highest BCUT2D eigenvalue weighted by molar-refractivity contribution is 14.1. The zero-order valence-electron chi connectivity index (χ0n) is 9.48. The Bertz CT molecular complexity index is 512. The molecule has 0 bridgehead atoms. The van der Waals surface area contributed by atoms with Crippen molar-refractivity contribution in [1.82, 2.24) is 13.5 Å². The maximum absolute atomic E-state index is 10.6. The van der Waals surface area contributed by atoms with E-state index in [1.54, 1.807) is 11.3 Å². The predicted molar refractivity (Wildman–Crippen MR) is 76.3 cm³/mol. The van der Waals surface area contributed by atoms with E-state index in [1.807, 2.05) is 37.7 Å². The van der Waals surface area contributed by atoms with Crippen LogP contribution in [0.1, 0.15) is 24.2 Å². The van der Waals surface area contributed by atoms with Crippen LogP contribution in [0.25, 0.3) is 10.6 Å². The van der Waals surface area contributed by atoms with Gasteiger partial charge in [-0.1, -0.05) is 6.07 Å². The van der Waals surface area contributed by atoms with E-state index >= 15 is 0 Å². The maximum atomic E-state index is 10.6. The lowest BCUT2D eigenvalue weighted by Gasteiger charge is -2.08. The molecule has 0 saturated heterocycles. The number of nitrogens with one attached hydrogen (secondary N) is 1. The second-order valence-electron chi connectivity index (χ2n) is 3.65. The highest BCUT2D eigenvalue weighted by Gasteiger charge is 2.08. The Hall–Kier alpha value is -0.730. The Morgan fingerprint density at radius 3 is 2.76 bits per heavy atom. The molecule has 2 aromatic rings. The number of aromatic nitrogens is 2. The highest BCUT2D eigenvalue weighted by atomic mass is 127. The quantitative estimate of drug-likeness (QED) is 0.670. The van der Waals surface area contributed by atoms with E-state index in [1.165, 1.54) is 0 Å². The van der Waals surface area contributed by atoms with Gasteiger partial charge in [0.1, 0.15) is 0 Å². The fourth-order valence-electron chi connectivity index (χ4n) is 1.47. The summed E-state index contributed by atoms with van der Waals surface area (Å²) >= 11 is 0.449. The topological polar surface area (TPSA) is 54.9 Å². The fraction of sp³-hybridized carbons (Fsp3) is 0.273. The van der Waals surface area contributed by atoms with E-state index in [-0.39, 0.29) is 6.04 Å². The fourth-order valence-corrected chi connectivity index (χ4v) is 3.00. The van der Waals surface area contributed by atoms with Gasteiger partial charge in [-0.25, -0.2) is 8.51 Å². The molecule has 0 unspecified atom stereocenters. The third-order valence-corrected chi connectivity index (χ3v) is 4.61. The van der Waals surface area contributed by atoms with E-state index in [0.717, 1.165) is 21.8 Å². The molecule has 0 radical (unpaired) electrons. The zero-order valence-corrected chi connectivity index (χ0v) is 12.4. The van der Waals surface area contributed by atoms with Gasteiger partial charge in [0.15, 0.2) is 0 Å². The third kappa shape index (κ3) is 2.93. The van der Waals surface area contributed by atoms with Crippen molar-refractivity contribution in [2.24, 2.45) is 0 Å². The van der Waals surface area contributed by atoms with Crippen molar-refractivity contribution < 1.29 is 3.07 Å². The summed E-state index contributed by atoms with van der Waals surface area (Å²) in [5.74, 6) is 0. The van der Waals surface area contributed by atoms with Gasteiger partial charge in [0, 0.05) is 12.2 Å². The molecule has 90 valence electrons. The van der Waals surface area contributed by atoms with Gasteiger partial charge in [-0.15, -0.1) is 11.3 Å². The number of nitrogens with zero attached hydrogens (tertiary/aromatic N) is 2. The number of halogens is 1. The first-order valence-corrected chi connectivity index (χ1v) is 7.94. The smallest absolute Gasteiger partial charge is 0.237 e. The number of hydrogen-bond donors (Lipinski definition) is 1. The second kappa shape index (κ2) is 5.74. The first-order chi connectivity index (χ1) is 8.22. The van der Waals surface area contributed by atoms with Crippen LogP contribution in [-0.4, -0.2) is 9.97 Å². The summed E-state index contributed by atoms with van der Waals surface area (Å²) in [5, 5.41) is 0. The standard InChI is InChI=1S/C11H12IN3OS/c1-7(15-12-16)9-3-4-10(13-5-9)11-8(2)14-6-17-11/h3-7H,1-2H3,(H,15,16)/t7-/m0/s1. The van der Waals surface area contributed by atoms with E-state index in [9.17, 15) is 3.07 Å². The third-order valence-electron chi connectivity index (χ3n) is 2.47. The second-order valence-corrected chi connectivity index (χ2v) is 5.57. The summed E-state index contributed by atoms with van der Waals surface area (Å²) < 4.78 is 13.5. The normalized spacial score (nSPS) is 12.6. The molecule has 0 amide bonds. The Kier molecular flexibility index (Phi) is 4.30. The van der Waals surface area contributed by atoms with Gasteiger partial charge in [-0.05, 0) is 25.5 Å². The van der Waals surface area contributed by atoms with Gasteiger partial charge < -0.3 is 0 Å². The Morgan fingerprint density at radius 1 is 1.41 bits per heavy atom. The maximum Gasteiger partial charge on any atom is 0.237 e. The Labute approximate surface area is 115 Å². The van der Waals surface area contributed by atoms with Crippen LogP contribution >= 0.6 is 32.8 Å². The molecule has 2 rings (SSSR count). The minimum absolute atomic E-state index is 0.0874. The first-order valence-electron chi connectivity index (χ1n) is 5.10. The Balaban J connectivity index is 2.24. The molecule has 17 heavy (non-hydrogen) atoms. The molecule has 1 atom stereocenters. The molecule has 1 N–H and O–H groups in total. The molecular formula is C11H12IN3OS. The van der Waals surface area contributed by atoms with Crippen LogP contribution in [0.3, 0.4) is 0 Å². The van der Waals surface area contributed by atoms with Gasteiger partial charge in [0.25, 0.3) is 0 Å². The largest absolute Gasteiger partial charge is 0.255 e. The predicted octanol–water partition coefficient (Wildman–Crippen LogP) is 3.40. The lowest BCUT2D eigenvalue weighted by molar-refractivity contribution is 0.643. The number of hydrogen-bond acceptors (Lipinski definition) is 4. The number of pyridine rings is 1. The monoisotopic (exact) mass is 361 g/mol. The molecule has 6 heteroatoms. The molecule has 4 nitrogen and oxygen atoms in total. The summed E-state index contributed by atoms with van der Waals surface area (Å²) in [6.45, 7) is 3.96. The van der Waals surface area contributed by atoms with Crippen molar-refractivity contribution in [2.75, 3.05) is 0 Å². The number of thiazole rings is 1. The van der Waals surface area contributed by atoms with Crippen LogP contribution in [0.5, 0.6) is 0 Å². The molecule has 2 heterocycles. The van der Waals surface area contributed by atoms with Gasteiger partial charge in [0.05, 0.1) is 21.8 Å².